The van der Waals surface area contributed by atoms with Crippen molar-refractivity contribution in [1.82, 2.24) is 20.2 Å². The van der Waals surface area contributed by atoms with Gasteiger partial charge in [-0.3, -0.25) is 10.1 Å². The maximum Gasteiger partial charge on any atom is 0.269 e. The van der Waals surface area contributed by atoms with E-state index in [9.17, 15) is 10.1 Å². The van der Waals surface area contributed by atoms with E-state index < -0.39 is 4.92 Å². The Morgan fingerprint density at radius 1 is 1.37 bits per heavy atom. The van der Waals surface area contributed by atoms with Gasteiger partial charge in [-0.2, -0.15) is 0 Å². The van der Waals surface area contributed by atoms with E-state index in [0.717, 1.165) is 5.56 Å². The average Bonchev–Trinajstić information content (AvgIpc) is 2.85. The number of non-ortho nitro benzene ring substituents is 1. The number of nitrogens with zero attached hydrogens (tertiary/aromatic N) is 5. The molecular weight excluding hydrogens is 268 g/mol. The number of benzene rings is 1. The molecule has 2 aromatic rings. The van der Waals surface area contributed by atoms with Crippen LogP contribution >= 0.6 is 11.8 Å². The minimum absolute atomic E-state index is 0.0849. The van der Waals surface area contributed by atoms with E-state index in [1.54, 1.807) is 16.8 Å². The van der Waals surface area contributed by atoms with Crippen molar-refractivity contribution in [2.24, 2.45) is 5.73 Å². The lowest BCUT2D eigenvalue weighted by molar-refractivity contribution is -0.384. The number of nitrogens with two attached hydrogens (primary N) is 1. The summed E-state index contributed by atoms with van der Waals surface area (Å²) in [4.78, 5) is 10.1. The lowest BCUT2D eigenvalue weighted by Crippen LogP contribution is -2.12. The number of nitro benzene ring substituents is 1. The van der Waals surface area contributed by atoms with E-state index in [-0.39, 0.29) is 5.69 Å². The fourth-order valence-electron chi connectivity index (χ4n) is 1.42. The van der Waals surface area contributed by atoms with E-state index in [2.05, 4.69) is 15.5 Å². The molecule has 100 valence electrons. The molecule has 1 heterocycles. The van der Waals surface area contributed by atoms with E-state index in [1.165, 1.54) is 23.9 Å². The van der Waals surface area contributed by atoms with Gasteiger partial charge in [0.15, 0.2) is 0 Å². The third-order valence-corrected chi connectivity index (χ3v) is 3.38. The van der Waals surface area contributed by atoms with Gasteiger partial charge in [-0.25, -0.2) is 4.68 Å². The molecule has 2 rings (SSSR count). The van der Waals surface area contributed by atoms with Gasteiger partial charge < -0.3 is 5.73 Å². The van der Waals surface area contributed by atoms with Crippen LogP contribution in [0.25, 0.3) is 0 Å². The molecule has 9 heteroatoms. The van der Waals surface area contributed by atoms with Gasteiger partial charge in [0.2, 0.25) is 5.16 Å². The molecule has 0 spiro atoms. The number of nitro groups is 1. The maximum absolute atomic E-state index is 10.5. The highest BCUT2D eigenvalue weighted by Gasteiger charge is 2.08. The monoisotopic (exact) mass is 280 g/mol. The highest BCUT2D eigenvalue weighted by molar-refractivity contribution is 7.98. The van der Waals surface area contributed by atoms with E-state index >= 15 is 0 Å². The lowest BCUT2D eigenvalue weighted by atomic mass is 10.2. The summed E-state index contributed by atoms with van der Waals surface area (Å²) in [5, 5.41) is 22.5. The summed E-state index contributed by atoms with van der Waals surface area (Å²) in [6, 6.07) is 6.42. The zero-order valence-electron chi connectivity index (χ0n) is 9.97. The SMILES string of the molecule is NCCn1nnnc1SCc1ccc([N+](=O)[O-])cc1. The van der Waals surface area contributed by atoms with Gasteiger partial charge >= 0.3 is 0 Å². The zero-order valence-corrected chi connectivity index (χ0v) is 10.8. The van der Waals surface area contributed by atoms with Crippen LogP contribution in [0.15, 0.2) is 29.4 Å². The second-order valence-corrected chi connectivity index (χ2v) is 4.63. The molecule has 0 aliphatic rings. The van der Waals surface area contributed by atoms with Crippen LogP contribution < -0.4 is 5.73 Å². The summed E-state index contributed by atoms with van der Waals surface area (Å²) >= 11 is 1.46. The predicted molar refractivity (Wildman–Crippen MR) is 69.5 cm³/mol. The van der Waals surface area contributed by atoms with Crippen molar-refractivity contribution in [3.05, 3.63) is 39.9 Å². The highest BCUT2D eigenvalue weighted by Crippen LogP contribution is 2.21. The van der Waals surface area contributed by atoms with Gasteiger partial charge in [-0.05, 0) is 16.0 Å². The van der Waals surface area contributed by atoms with E-state index in [4.69, 9.17) is 5.73 Å². The molecule has 8 nitrogen and oxygen atoms in total. The van der Waals surface area contributed by atoms with Crippen LogP contribution in [-0.2, 0) is 12.3 Å². The first-order chi connectivity index (χ1) is 9.20. The number of hydrogen-bond acceptors (Lipinski definition) is 7. The molecule has 2 N–H and O–H groups in total. The van der Waals surface area contributed by atoms with Crippen LogP contribution in [0, 0.1) is 10.1 Å². The first kappa shape index (κ1) is 13.4. The maximum atomic E-state index is 10.5. The molecule has 0 unspecified atom stereocenters. The Labute approximate surface area is 113 Å². The second-order valence-electron chi connectivity index (χ2n) is 3.69. The molecule has 0 radical (unpaired) electrons. The smallest absolute Gasteiger partial charge is 0.269 e. The first-order valence-electron chi connectivity index (χ1n) is 5.53. The van der Waals surface area contributed by atoms with Crippen molar-refractivity contribution >= 4 is 17.4 Å². The third kappa shape index (κ3) is 3.48. The standard InChI is InChI=1S/C10H12N6O2S/c11-5-6-15-10(12-13-14-15)19-7-8-1-3-9(4-2-8)16(17)18/h1-4H,5-7,11H2. The van der Waals surface area contributed by atoms with Gasteiger partial charge in [-0.1, -0.05) is 23.9 Å². The molecule has 0 atom stereocenters. The quantitative estimate of drug-likeness (QED) is 0.473. The van der Waals surface area contributed by atoms with Gasteiger partial charge in [0.25, 0.3) is 5.69 Å². The van der Waals surface area contributed by atoms with Crippen molar-refractivity contribution in [2.75, 3.05) is 6.54 Å². The van der Waals surface area contributed by atoms with Crippen molar-refractivity contribution < 1.29 is 4.92 Å². The van der Waals surface area contributed by atoms with Gasteiger partial charge in [0, 0.05) is 24.4 Å². The third-order valence-electron chi connectivity index (χ3n) is 2.36. The van der Waals surface area contributed by atoms with Gasteiger partial charge in [-0.15, -0.1) is 5.10 Å². The van der Waals surface area contributed by atoms with Crippen LogP contribution in [0.2, 0.25) is 0 Å². The lowest BCUT2D eigenvalue weighted by Gasteiger charge is -2.02. The summed E-state index contributed by atoms with van der Waals surface area (Å²) in [7, 11) is 0. The van der Waals surface area contributed by atoms with E-state index in [0.29, 0.717) is 24.0 Å². The molecule has 0 aliphatic carbocycles. The van der Waals surface area contributed by atoms with Crippen LogP contribution in [0.1, 0.15) is 5.56 Å². The molecule has 0 amide bonds. The molecule has 0 aliphatic heterocycles. The normalized spacial score (nSPS) is 10.6. The summed E-state index contributed by atoms with van der Waals surface area (Å²) in [5.41, 5.74) is 6.51. The van der Waals surface area contributed by atoms with Crippen LogP contribution in [0.3, 0.4) is 0 Å². The number of hydrogen-bond donors (Lipinski definition) is 1. The fraction of sp³-hybridized carbons (Fsp3) is 0.300. The summed E-state index contributed by atoms with van der Waals surface area (Å²) in [5.74, 6) is 0.642. The minimum atomic E-state index is -0.418. The van der Waals surface area contributed by atoms with Crippen molar-refractivity contribution in [3.8, 4) is 0 Å². The molecule has 1 aromatic heterocycles. The molecule has 0 fully saturated rings. The summed E-state index contributed by atoms with van der Waals surface area (Å²) in [6.07, 6.45) is 0. The predicted octanol–water partition coefficient (Wildman–Crippen LogP) is 0.832. The van der Waals surface area contributed by atoms with E-state index in [1.807, 2.05) is 0 Å². The highest BCUT2D eigenvalue weighted by atomic mass is 32.2. The van der Waals surface area contributed by atoms with Crippen LogP contribution in [0.4, 0.5) is 5.69 Å². The topological polar surface area (TPSA) is 113 Å². The molecule has 0 saturated heterocycles. The first-order valence-corrected chi connectivity index (χ1v) is 6.51. The summed E-state index contributed by atoms with van der Waals surface area (Å²) in [6.45, 7) is 1.03. The Morgan fingerprint density at radius 2 is 2.11 bits per heavy atom. The molecule has 0 saturated carbocycles. The Balaban J connectivity index is 1.98. The summed E-state index contributed by atoms with van der Waals surface area (Å²) < 4.78 is 1.63. The van der Waals surface area contributed by atoms with Crippen LogP contribution in [0.5, 0.6) is 0 Å². The molecule has 0 bridgehead atoms. The van der Waals surface area contributed by atoms with Crippen molar-refractivity contribution in [3.63, 3.8) is 0 Å². The number of tetrazole rings is 1. The number of thioether (sulfide) groups is 1. The molecule has 1 aromatic carbocycles. The Kier molecular flexibility index (Phi) is 4.42. The van der Waals surface area contributed by atoms with Gasteiger partial charge in [0.05, 0.1) is 11.5 Å². The largest absolute Gasteiger partial charge is 0.329 e. The Hall–Kier alpha value is -2.00. The van der Waals surface area contributed by atoms with Crippen molar-refractivity contribution in [1.29, 1.82) is 0 Å². The number of aromatic nitrogens is 4. The zero-order chi connectivity index (χ0) is 13.7. The van der Waals surface area contributed by atoms with Crippen molar-refractivity contribution in [2.45, 2.75) is 17.5 Å². The molecular formula is C10H12N6O2S. The second kappa shape index (κ2) is 6.25. The Bertz CT molecular complexity index is 555. The molecule has 19 heavy (non-hydrogen) atoms. The number of rotatable bonds is 6. The van der Waals surface area contributed by atoms with Crippen LogP contribution in [-0.4, -0.2) is 31.7 Å². The minimum Gasteiger partial charge on any atom is -0.329 e. The van der Waals surface area contributed by atoms with Gasteiger partial charge in [0.1, 0.15) is 0 Å². The average molecular weight is 280 g/mol. The Morgan fingerprint density at radius 3 is 2.74 bits per heavy atom. The fourth-order valence-corrected chi connectivity index (χ4v) is 2.28.